The van der Waals surface area contributed by atoms with Gasteiger partial charge in [0.2, 0.25) is 10.0 Å². The molecule has 3 aromatic rings. The second-order valence-electron chi connectivity index (χ2n) is 5.16. The number of sulfonamides is 1. The number of hydrogen-bond donors (Lipinski definition) is 2. The second kappa shape index (κ2) is 6.11. The number of nitrogens with two attached hydrogens (primary N) is 1. The van der Waals surface area contributed by atoms with Crippen molar-refractivity contribution in [1.82, 2.24) is 0 Å². The quantitative estimate of drug-likeness (QED) is 0.689. The van der Waals surface area contributed by atoms with Gasteiger partial charge in [-0.3, -0.25) is 4.79 Å². The molecule has 0 aliphatic rings. The number of fused-ring (bicyclic) bond motifs is 1. The minimum absolute atomic E-state index is 0.165. The number of carbonyl (C=O) groups is 1. The van der Waals surface area contributed by atoms with Crippen molar-refractivity contribution < 1.29 is 22.0 Å². The predicted molar refractivity (Wildman–Crippen MR) is 88.2 cm³/mol. The minimum atomic E-state index is -4.16. The molecule has 0 fully saturated rings. The summed E-state index contributed by atoms with van der Waals surface area (Å²) in [6, 6.07) is 10.5. The first-order chi connectivity index (χ1) is 11.7. The molecule has 1 aromatic heterocycles. The number of anilines is 1. The van der Waals surface area contributed by atoms with Gasteiger partial charge in [-0.2, -0.15) is 0 Å². The van der Waals surface area contributed by atoms with Crippen molar-refractivity contribution in [3.63, 3.8) is 0 Å². The highest BCUT2D eigenvalue weighted by molar-refractivity contribution is 7.89. The zero-order chi connectivity index (χ0) is 18.2. The molecule has 128 valence electrons. The van der Waals surface area contributed by atoms with Crippen molar-refractivity contribution in [3.05, 3.63) is 70.3 Å². The normalized spacial score (nSPS) is 11.4. The van der Waals surface area contributed by atoms with Crippen LogP contribution in [-0.2, 0) is 10.0 Å². The smallest absolute Gasteiger partial charge is 0.349 e. The number of carbonyl (C=O) groups excluding carboxylic acids is 1. The zero-order valence-electron chi connectivity index (χ0n) is 12.5. The van der Waals surface area contributed by atoms with Crippen molar-refractivity contribution in [2.75, 3.05) is 5.32 Å². The van der Waals surface area contributed by atoms with Crippen LogP contribution in [0.1, 0.15) is 10.4 Å². The molecule has 0 unspecified atom stereocenters. The predicted octanol–water partition coefficient (Wildman–Crippen LogP) is 1.83. The van der Waals surface area contributed by atoms with Crippen LogP contribution in [0.4, 0.5) is 10.1 Å². The van der Waals surface area contributed by atoms with E-state index < -0.39 is 32.3 Å². The minimum Gasteiger partial charge on any atom is -0.422 e. The van der Waals surface area contributed by atoms with E-state index in [2.05, 4.69) is 5.32 Å². The Morgan fingerprint density at radius 3 is 2.56 bits per heavy atom. The lowest BCUT2D eigenvalue weighted by molar-refractivity contribution is 0.102. The summed E-state index contributed by atoms with van der Waals surface area (Å²) in [7, 11) is -4.16. The van der Waals surface area contributed by atoms with Crippen molar-refractivity contribution in [1.29, 1.82) is 0 Å². The number of hydrogen-bond acceptors (Lipinski definition) is 5. The largest absolute Gasteiger partial charge is 0.422 e. The van der Waals surface area contributed by atoms with Crippen LogP contribution in [0.3, 0.4) is 0 Å². The molecule has 7 nitrogen and oxygen atoms in total. The summed E-state index contributed by atoms with van der Waals surface area (Å²) < 4.78 is 41.2. The number of halogens is 1. The fraction of sp³-hybridized carbons (Fsp3) is 0. The molecule has 3 N–H and O–H groups in total. The Bertz CT molecular complexity index is 1150. The zero-order valence-corrected chi connectivity index (χ0v) is 13.3. The highest BCUT2D eigenvalue weighted by atomic mass is 32.2. The van der Waals surface area contributed by atoms with Gasteiger partial charge in [-0.05, 0) is 30.3 Å². The fourth-order valence-electron chi connectivity index (χ4n) is 2.22. The van der Waals surface area contributed by atoms with Gasteiger partial charge < -0.3 is 9.73 Å². The number of benzene rings is 2. The van der Waals surface area contributed by atoms with Crippen molar-refractivity contribution >= 4 is 32.6 Å². The monoisotopic (exact) mass is 362 g/mol. The molecule has 0 spiro atoms. The maximum absolute atomic E-state index is 13.5. The van der Waals surface area contributed by atoms with Crippen LogP contribution in [-0.4, -0.2) is 14.3 Å². The van der Waals surface area contributed by atoms with Gasteiger partial charge in [-0.1, -0.05) is 18.2 Å². The first-order valence-electron chi connectivity index (χ1n) is 6.92. The van der Waals surface area contributed by atoms with Crippen LogP contribution in [0.2, 0.25) is 0 Å². The molecule has 0 radical (unpaired) electrons. The average Bonchev–Trinajstić information content (AvgIpc) is 2.52. The summed E-state index contributed by atoms with van der Waals surface area (Å²) in [5.41, 5.74) is -1.03. The first kappa shape index (κ1) is 16.8. The Hall–Kier alpha value is -3.04. The maximum Gasteiger partial charge on any atom is 0.349 e. The topological polar surface area (TPSA) is 119 Å². The third kappa shape index (κ3) is 3.57. The molecule has 25 heavy (non-hydrogen) atoms. The molecule has 1 heterocycles. The van der Waals surface area contributed by atoms with Gasteiger partial charge in [-0.25, -0.2) is 22.7 Å². The lowest BCUT2D eigenvalue weighted by atomic mass is 10.1. The Morgan fingerprint density at radius 2 is 1.84 bits per heavy atom. The van der Waals surface area contributed by atoms with E-state index in [1.54, 1.807) is 24.3 Å². The van der Waals surface area contributed by atoms with Crippen LogP contribution in [0, 0.1) is 5.82 Å². The third-order valence-corrected chi connectivity index (χ3v) is 4.24. The lowest BCUT2D eigenvalue weighted by Crippen LogP contribution is -2.21. The molecule has 0 bridgehead atoms. The van der Waals surface area contributed by atoms with Crippen LogP contribution >= 0.6 is 0 Å². The van der Waals surface area contributed by atoms with Gasteiger partial charge in [0.1, 0.15) is 17.0 Å². The van der Waals surface area contributed by atoms with Gasteiger partial charge in [0.15, 0.2) is 0 Å². The summed E-state index contributed by atoms with van der Waals surface area (Å²) >= 11 is 0. The molecular weight excluding hydrogens is 351 g/mol. The summed E-state index contributed by atoms with van der Waals surface area (Å²) in [6.07, 6.45) is 0. The van der Waals surface area contributed by atoms with Crippen LogP contribution in [0.5, 0.6) is 0 Å². The van der Waals surface area contributed by atoms with E-state index in [4.69, 9.17) is 9.56 Å². The van der Waals surface area contributed by atoms with Gasteiger partial charge in [0.25, 0.3) is 5.91 Å². The van der Waals surface area contributed by atoms with Crippen LogP contribution < -0.4 is 16.1 Å². The molecule has 0 saturated heterocycles. The maximum atomic E-state index is 13.5. The van der Waals surface area contributed by atoms with Crippen molar-refractivity contribution in [2.45, 2.75) is 4.90 Å². The molecular formula is C16H11FN2O5S. The van der Waals surface area contributed by atoms with Gasteiger partial charge >= 0.3 is 5.63 Å². The van der Waals surface area contributed by atoms with Crippen LogP contribution in [0.25, 0.3) is 11.0 Å². The molecule has 0 atom stereocenters. The number of para-hydroxylation sites is 1. The van der Waals surface area contributed by atoms with Gasteiger partial charge in [0, 0.05) is 11.1 Å². The van der Waals surface area contributed by atoms with E-state index in [1.165, 1.54) is 6.07 Å². The summed E-state index contributed by atoms with van der Waals surface area (Å²) in [6.45, 7) is 0. The summed E-state index contributed by atoms with van der Waals surface area (Å²) in [4.78, 5) is 23.7. The third-order valence-electron chi connectivity index (χ3n) is 3.34. The molecule has 9 heteroatoms. The Morgan fingerprint density at radius 1 is 1.12 bits per heavy atom. The van der Waals surface area contributed by atoms with Gasteiger partial charge in [-0.15, -0.1) is 0 Å². The fourth-order valence-corrected chi connectivity index (χ4v) is 2.79. The van der Waals surface area contributed by atoms with E-state index in [-0.39, 0.29) is 11.3 Å². The standard InChI is InChI=1S/C16H11FN2O5S/c17-10-6-11(8-12(7-10)25(18,22)23)19-15(20)13-5-9-3-1-2-4-14(9)24-16(13)21/h1-8H,(H,19,20)(H2,18,22,23). The van der Waals surface area contributed by atoms with Crippen LogP contribution in [0.15, 0.2) is 62.6 Å². The SMILES string of the molecule is NS(=O)(=O)c1cc(F)cc(NC(=O)c2cc3ccccc3oc2=O)c1. The van der Waals surface area contributed by atoms with E-state index in [1.807, 2.05) is 0 Å². The van der Waals surface area contributed by atoms with E-state index in [0.29, 0.717) is 11.0 Å². The van der Waals surface area contributed by atoms with E-state index >= 15 is 0 Å². The van der Waals surface area contributed by atoms with Crippen molar-refractivity contribution in [2.24, 2.45) is 5.14 Å². The molecule has 0 saturated carbocycles. The van der Waals surface area contributed by atoms with E-state index in [0.717, 1.165) is 18.2 Å². The number of primary sulfonamides is 1. The Labute approximate surface area is 140 Å². The van der Waals surface area contributed by atoms with E-state index in [9.17, 15) is 22.4 Å². The highest BCUT2D eigenvalue weighted by Gasteiger charge is 2.16. The lowest BCUT2D eigenvalue weighted by Gasteiger charge is -2.07. The Kier molecular flexibility index (Phi) is 4.11. The Balaban J connectivity index is 1.99. The summed E-state index contributed by atoms with van der Waals surface area (Å²) in [5.74, 6) is -1.78. The molecule has 3 rings (SSSR count). The number of amides is 1. The van der Waals surface area contributed by atoms with Gasteiger partial charge in [0.05, 0.1) is 4.90 Å². The average molecular weight is 362 g/mol. The highest BCUT2D eigenvalue weighted by Crippen LogP contribution is 2.18. The number of rotatable bonds is 3. The molecule has 1 amide bonds. The summed E-state index contributed by atoms with van der Waals surface area (Å²) in [5, 5.41) is 7.73. The first-order valence-corrected chi connectivity index (χ1v) is 8.46. The molecule has 0 aliphatic heterocycles. The molecule has 0 aliphatic carbocycles. The molecule has 2 aromatic carbocycles. The second-order valence-corrected chi connectivity index (χ2v) is 6.72. The number of nitrogens with one attached hydrogen (secondary N) is 1. The van der Waals surface area contributed by atoms with Crippen molar-refractivity contribution in [3.8, 4) is 0 Å².